The Kier molecular flexibility index (Phi) is 5.17. The van der Waals surface area contributed by atoms with E-state index in [1.165, 1.54) is 24.1 Å². The molecule has 0 aliphatic heterocycles. The van der Waals surface area contributed by atoms with Crippen molar-refractivity contribution >= 4 is 28.9 Å². The van der Waals surface area contributed by atoms with Crippen molar-refractivity contribution in [3.63, 3.8) is 0 Å². The lowest BCUT2D eigenvalue weighted by Crippen LogP contribution is -2.28. The Labute approximate surface area is 115 Å². The lowest BCUT2D eigenvalue weighted by atomic mass is 10.1. The number of ether oxygens (including phenoxy) is 1. The van der Waals surface area contributed by atoms with Crippen LogP contribution in [-0.2, 0) is 9.53 Å². The second kappa shape index (κ2) is 6.42. The molecule has 104 valence electrons. The zero-order valence-corrected chi connectivity index (χ0v) is 11.4. The fourth-order valence-electron chi connectivity index (χ4n) is 1.51. The summed E-state index contributed by atoms with van der Waals surface area (Å²) in [6, 6.07) is 2.59. The zero-order valence-electron chi connectivity index (χ0n) is 10.6. The van der Waals surface area contributed by atoms with Crippen LogP contribution in [0.2, 0.25) is 0 Å². The molecule has 0 saturated heterocycles. The van der Waals surface area contributed by atoms with Crippen molar-refractivity contribution in [2.75, 3.05) is 25.1 Å². The Morgan fingerprint density at radius 2 is 2.05 bits per heavy atom. The van der Waals surface area contributed by atoms with Crippen LogP contribution in [0, 0.1) is 11.6 Å². The summed E-state index contributed by atoms with van der Waals surface area (Å²) in [6.07, 6.45) is 0. The number of carbonyl (C=O) groups is 1. The molecule has 0 aliphatic carbocycles. The number of hydrogen-bond acceptors (Lipinski definition) is 4. The molecule has 0 atom stereocenters. The third-order valence-corrected chi connectivity index (χ3v) is 2.63. The third kappa shape index (κ3) is 3.60. The second-order valence-electron chi connectivity index (χ2n) is 3.79. The van der Waals surface area contributed by atoms with Crippen LogP contribution in [0.15, 0.2) is 12.1 Å². The number of hydrogen-bond donors (Lipinski definition) is 1. The lowest BCUT2D eigenvalue weighted by molar-refractivity contribution is -0.141. The largest absolute Gasteiger partial charge is 0.465 e. The van der Waals surface area contributed by atoms with E-state index in [0.29, 0.717) is 0 Å². The van der Waals surface area contributed by atoms with E-state index < -0.39 is 17.6 Å². The van der Waals surface area contributed by atoms with Crippen LogP contribution in [0.3, 0.4) is 0 Å². The number of halogens is 2. The summed E-state index contributed by atoms with van der Waals surface area (Å²) in [5.74, 6) is -2.75. The maximum Gasteiger partial charge on any atom is 0.325 e. The van der Waals surface area contributed by atoms with E-state index in [2.05, 4.69) is 12.2 Å². The fourth-order valence-corrected chi connectivity index (χ4v) is 1.67. The van der Waals surface area contributed by atoms with Crippen molar-refractivity contribution in [3.05, 3.63) is 29.3 Å². The molecule has 2 N–H and O–H groups in total. The summed E-state index contributed by atoms with van der Waals surface area (Å²) in [5, 5.41) is 0. The van der Waals surface area contributed by atoms with E-state index in [9.17, 15) is 13.6 Å². The minimum Gasteiger partial charge on any atom is -0.465 e. The molecule has 1 aromatic rings. The molecule has 0 unspecified atom stereocenters. The van der Waals surface area contributed by atoms with E-state index in [0.717, 1.165) is 0 Å². The van der Waals surface area contributed by atoms with Gasteiger partial charge >= 0.3 is 5.97 Å². The van der Waals surface area contributed by atoms with Gasteiger partial charge in [0.2, 0.25) is 0 Å². The van der Waals surface area contributed by atoms with Gasteiger partial charge in [0.05, 0.1) is 12.3 Å². The normalized spacial score (nSPS) is 10.1. The van der Waals surface area contributed by atoms with Crippen LogP contribution in [-0.4, -0.2) is 31.2 Å². The van der Waals surface area contributed by atoms with Gasteiger partial charge in [-0.3, -0.25) is 4.79 Å². The van der Waals surface area contributed by atoms with E-state index in [1.54, 1.807) is 6.92 Å². The molecule has 0 saturated carbocycles. The molecule has 7 heteroatoms. The van der Waals surface area contributed by atoms with Gasteiger partial charge in [-0.15, -0.1) is 0 Å². The topological polar surface area (TPSA) is 55.6 Å². The van der Waals surface area contributed by atoms with Gasteiger partial charge in [-0.25, -0.2) is 8.78 Å². The smallest absolute Gasteiger partial charge is 0.325 e. The third-order valence-electron chi connectivity index (χ3n) is 2.41. The molecule has 0 fully saturated rings. The highest BCUT2D eigenvalue weighted by Gasteiger charge is 2.18. The van der Waals surface area contributed by atoms with E-state index >= 15 is 0 Å². The highest BCUT2D eigenvalue weighted by Crippen LogP contribution is 2.23. The number of benzene rings is 1. The Balaban J connectivity index is 2.99. The first-order valence-corrected chi connectivity index (χ1v) is 5.93. The first-order valence-electron chi connectivity index (χ1n) is 5.53. The van der Waals surface area contributed by atoms with Crippen LogP contribution in [0.5, 0.6) is 0 Å². The maximum absolute atomic E-state index is 13.8. The van der Waals surface area contributed by atoms with E-state index in [1.807, 2.05) is 0 Å². The van der Waals surface area contributed by atoms with Crippen molar-refractivity contribution in [1.29, 1.82) is 0 Å². The zero-order chi connectivity index (χ0) is 14.6. The predicted molar refractivity (Wildman–Crippen MR) is 72.1 cm³/mol. The Morgan fingerprint density at radius 1 is 1.42 bits per heavy atom. The first-order chi connectivity index (χ1) is 8.88. The molecule has 1 rings (SSSR count). The molecule has 0 amide bonds. The molecular weight excluding hydrogens is 274 g/mol. The standard InChI is InChI=1S/C12H14F2N2O2S/c1-3-18-9(17)6-16(2)8-5-4-7(12(15)19)10(13)11(8)14/h4-5H,3,6H2,1-2H3,(H2,15,19). The molecular formula is C12H14F2N2O2S. The van der Waals surface area contributed by atoms with E-state index in [4.69, 9.17) is 10.5 Å². The fraction of sp³-hybridized carbons (Fsp3) is 0.333. The van der Waals surface area contributed by atoms with Gasteiger partial charge in [0, 0.05) is 12.6 Å². The van der Waals surface area contributed by atoms with Crippen molar-refractivity contribution in [2.45, 2.75) is 6.92 Å². The van der Waals surface area contributed by atoms with Crippen LogP contribution in [0.1, 0.15) is 12.5 Å². The van der Waals surface area contributed by atoms with E-state index in [-0.39, 0.29) is 29.4 Å². The minimum atomic E-state index is -1.12. The SMILES string of the molecule is CCOC(=O)CN(C)c1ccc(C(N)=S)c(F)c1F. The van der Waals surface area contributed by atoms with Gasteiger partial charge in [-0.05, 0) is 19.1 Å². The number of likely N-dealkylation sites (N-methyl/N-ethyl adjacent to an activating group) is 1. The number of rotatable bonds is 5. The molecule has 4 nitrogen and oxygen atoms in total. The number of esters is 1. The van der Waals surface area contributed by atoms with Gasteiger partial charge in [0.25, 0.3) is 0 Å². The Bertz CT molecular complexity index is 509. The summed E-state index contributed by atoms with van der Waals surface area (Å²) in [6.45, 7) is 1.70. The summed E-state index contributed by atoms with van der Waals surface area (Å²) in [5.41, 5.74) is 5.04. The van der Waals surface area contributed by atoms with Crippen LogP contribution in [0.4, 0.5) is 14.5 Å². The molecule has 0 bridgehead atoms. The van der Waals surface area contributed by atoms with Crippen LogP contribution < -0.4 is 10.6 Å². The number of anilines is 1. The summed E-state index contributed by atoms with van der Waals surface area (Å²) in [7, 11) is 1.45. The summed E-state index contributed by atoms with van der Waals surface area (Å²) >= 11 is 4.61. The minimum absolute atomic E-state index is 0.0643. The quantitative estimate of drug-likeness (QED) is 0.659. The number of nitrogens with zero attached hydrogens (tertiary/aromatic N) is 1. The Hall–Kier alpha value is -1.76. The van der Waals surface area contributed by atoms with Crippen molar-refractivity contribution in [3.8, 4) is 0 Å². The lowest BCUT2D eigenvalue weighted by Gasteiger charge is -2.19. The van der Waals surface area contributed by atoms with Gasteiger partial charge in [-0.2, -0.15) is 0 Å². The summed E-state index contributed by atoms with van der Waals surface area (Å²) < 4.78 is 32.2. The molecule has 0 heterocycles. The van der Waals surface area contributed by atoms with Gasteiger partial charge in [0.1, 0.15) is 11.5 Å². The van der Waals surface area contributed by atoms with Crippen molar-refractivity contribution in [1.82, 2.24) is 0 Å². The molecule has 0 radical (unpaired) electrons. The molecule has 0 aromatic heterocycles. The highest BCUT2D eigenvalue weighted by atomic mass is 32.1. The average Bonchev–Trinajstić information content (AvgIpc) is 2.32. The summed E-state index contributed by atoms with van der Waals surface area (Å²) in [4.78, 5) is 12.3. The van der Waals surface area contributed by atoms with Crippen molar-refractivity contribution < 1.29 is 18.3 Å². The average molecular weight is 288 g/mol. The maximum atomic E-state index is 13.8. The van der Waals surface area contributed by atoms with Crippen molar-refractivity contribution in [2.24, 2.45) is 5.73 Å². The van der Waals surface area contributed by atoms with Gasteiger partial charge in [0.15, 0.2) is 11.6 Å². The molecule has 1 aromatic carbocycles. The first kappa shape index (κ1) is 15.3. The van der Waals surface area contributed by atoms with Gasteiger partial charge in [-0.1, -0.05) is 12.2 Å². The Morgan fingerprint density at radius 3 is 2.58 bits per heavy atom. The van der Waals surface area contributed by atoms with Gasteiger partial charge < -0.3 is 15.4 Å². The predicted octanol–water partition coefficient (Wildman–Crippen LogP) is 1.60. The molecule has 0 aliphatic rings. The highest BCUT2D eigenvalue weighted by molar-refractivity contribution is 7.80. The molecule has 19 heavy (non-hydrogen) atoms. The number of thiocarbonyl (C=S) groups is 1. The van der Waals surface area contributed by atoms with Crippen LogP contribution >= 0.6 is 12.2 Å². The molecule has 0 spiro atoms. The monoisotopic (exact) mass is 288 g/mol. The number of carbonyl (C=O) groups excluding carboxylic acids is 1. The van der Waals surface area contributed by atoms with Crippen LogP contribution in [0.25, 0.3) is 0 Å². The second-order valence-corrected chi connectivity index (χ2v) is 4.23. The number of nitrogens with two attached hydrogens (primary N) is 1.